The highest BCUT2D eigenvalue weighted by atomic mass is 14.9. The fourth-order valence-electron chi connectivity index (χ4n) is 1.70. The van der Waals surface area contributed by atoms with Gasteiger partial charge in [0.15, 0.2) is 5.82 Å². The van der Waals surface area contributed by atoms with Gasteiger partial charge in [0.25, 0.3) is 0 Å². The second kappa shape index (κ2) is 5.09. The average molecular weight is 226 g/mol. The Morgan fingerprint density at radius 2 is 1.59 bits per heavy atom. The first kappa shape index (κ1) is 11.8. The predicted molar refractivity (Wildman–Crippen MR) is 70.9 cm³/mol. The summed E-state index contributed by atoms with van der Waals surface area (Å²) in [6, 6.07) is 8.49. The van der Waals surface area contributed by atoms with Crippen molar-refractivity contribution in [3.63, 3.8) is 0 Å². The second-order valence-electron chi connectivity index (χ2n) is 4.55. The minimum absolute atomic E-state index is 0.562. The van der Waals surface area contributed by atoms with Crippen molar-refractivity contribution in [3.8, 4) is 11.4 Å². The number of rotatable bonds is 3. The monoisotopic (exact) mass is 226 g/mol. The Labute approximate surface area is 103 Å². The van der Waals surface area contributed by atoms with Gasteiger partial charge in [0.2, 0.25) is 0 Å². The SMILES string of the molecule is CCc1cnc(-c2ccc(C(C)C)cc2)nc1. The van der Waals surface area contributed by atoms with E-state index in [1.807, 2.05) is 12.4 Å². The smallest absolute Gasteiger partial charge is 0.159 e. The summed E-state index contributed by atoms with van der Waals surface area (Å²) < 4.78 is 0. The molecular weight excluding hydrogens is 208 g/mol. The van der Waals surface area contributed by atoms with Gasteiger partial charge in [-0.15, -0.1) is 0 Å². The normalized spacial score (nSPS) is 10.8. The van der Waals surface area contributed by atoms with Crippen molar-refractivity contribution in [2.24, 2.45) is 0 Å². The van der Waals surface area contributed by atoms with Crippen LogP contribution in [0.1, 0.15) is 37.8 Å². The summed E-state index contributed by atoms with van der Waals surface area (Å²) in [7, 11) is 0. The zero-order valence-electron chi connectivity index (χ0n) is 10.6. The molecule has 0 fully saturated rings. The maximum Gasteiger partial charge on any atom is 0.159 e. The summed E-state index contributed by atoms with van der Waals surface area (Å²) in [4.78, 5) is 8.77. The van der Waals surface area contributed by atoms with Crippen molar-refractivity contribution in [1.82, 2.24) is 9.97 Å². The Bertz CT molecular complexity index is 469. The Kier molecular flexibility index (Phi) is 3.52. The Balaban J connectivity index is 2.26. The van der Waals surface area contributed by atoms with E-state index in [1.54, 1.807) is 0 Å². The van der Waals surface area contributed by atoms with Crippen LogP contribution in [0, 0.1) is 0 Å². The molecule has 0 spiro atoms. The fourth-order valence-corrected chi connectivity index (χ4v) is 1.70. The van der Waals surface area contributed by atoms with E-state index >= 15 is 0 Å². The zero-order valence-corrected chi connectivity index (χ0v) is 10.6. The molecule has 1 aromatic carbocycles. The van der Waals surface area contributed by atoms with Crippen molar-refractivity contribution in [3.05, 3.63) is 47.8 Å². The third-order valence-corrected chi connectivity index (χ3v) is 2.95. The van der Waals surface area contributed by atoms with Gasteiger partial charge in [-0.3, -0.25) is 0 Å². The van der Waals surface area contributed by atoms with E-state index in [4.69, 9.17) is 0 Å². The lowest BCUT2D eigenvalue weighted by Gasteiger charge is -2.06. The van der Waals surface area contributed by atoms with Gasteiger partial charge >= 0.3 is 0 Å². The quantitative estimate of drug-likeness (QED) is 0.795. The maximum absolute atomic E-state index is 4.38. The van der Waals surface area contributed by atoms with E-state index < -0.39 is 0 Å². The van der Waals surface area contributed by atoms with E-state index in [9.17, 15) is 0 Å². The molecule has 0 N–H and O–H groups in total. The molecular formula is C15H18N2. The lowest BCUT2D eigenvalue weighted by atomic mass is 10.0. The number of hydrogen-bond donors (Lipinski definition) is 0. The van der Waals surface area contributed by atoms with Gasteiger partial charge in [-0.25, -0.2) is 9.97 Å². The van der Waals surface area contributed by atoms with Crippen molar-refractivity contribution in [2.75, 3.05) is 0 Å². The van der Waals surface area contributed by atoms with Gasteiger partial charge in [-0.2, -0.15) is 0 Å². The molecule has 88 valence electrons. The molecule has 0 amide bonds. The molecule has 2 heteroatoms. The van der Waals surface area contributed by atoms with Gasteiger partial charge in [0, 0.05) is 18.0 Å². The van der Waals surface area contributed by atoms with Crippen LogP contribution >= 0.6 is 0 Å². The standard InChI is InChI=1S/C15H18N2/c1-4-12-9-16-15(17-10-12)14-7-5-13(6-8-14)11(2)3/h5-11H,4H2,1-3H3. The van der Waals surface area contributed by atoms with Crippen LogP contribution < -0.4 is 0 Å². The molecule has 0 aliphatic carbocycles. The molecule has 17 heavy (non-hydrogen) atoms. The first-order chi connectivity index (χ1) is 8.20. The molecule has 0 atom stereocenters. The van der Waals surface area contributed by atoms with Gasteiger partial charge in [-0.1, -0.05) is 45.0 Å². The van der Waals surface area contributed by atoms with Crippen molar-refractivity contribution in [2.45, 2.75) is 33.1 Å². The van der Waals surface area contributed by atoms with Gasteiger partial charge in [0.05, 0.1) is 0 Å². The Hall–Kier alpha value is -1.70. The van der Waals surface area contributed by atoms with E-state index in [-0.39, 0.29) is 0 Å². The number of aromatic nitrogens is 2. The first-order valence-corrected chi connectivity index (χ1v) is 6.12. The summed E-state index contributed by atoms with van der Waals surface area (Å²) in [5.74, 6) is 1.37. The summed E-state index contributed by atoms with van der Waals surface area (Å²) in [5, 5.41) is 0. The summed E-state index contributed by atoms with van der Waals surface area (Å²) in [6.07, 6.45) is 4.78. The lowest BCUT2D eigenvalue weighted by Crippen LogP contribution is -1.92. The molecule has 0 radical (unpaired) electrons. The molecule has 2 aromatic rings. The molecule has 0 aliphatic rings. The summed E-state index contributed by atoms with van der Waals surface area (Å²) in [6.45, 7) is 6.50. The summed E-state index contributed by atoms with van der Waals surface area (Å²) >= 11 is 0. The van der Waals surface area contributed by atoms with Crippen LogP contribution in [0.25, 0.3) is 11.4 Å². The fraction of sp³-hybridized carbons (Fsp3) is 0.333. The molecule has 1 heterocycles. The highest BCUT2D eigenvalue weighted by Gasteiger charge is 2.03. The molecule has 0 unspecified atom stereocenters. The van der Waals surface area contributed by atoms with Gasteiger partial charge in [-0.05, 0) is 23.5 Å². The number of hydrogen-bond acceptors (Lipinski definition) is 2. The molecule has 0 saturated heterocycles. The first-order valence-electron chi connectivity index (χ1n) is 6.12. The molecule has 0 bridgehead atoms. The predicted octanol–water partition coefficient (Wildman–Crippen LogP) is 3.83. The van der Waals surface area contributed by atoms with Crippen molar-refractivity contribution in [1.29, 1.82) is 0 Å². The molecule has 0 saturated carbocycles. The van der Waals surface area contributed by atoms with Gasteiger partial charge < -0.3 is 0 Å². The molecule has 2 nitrogen and oxygen atoms in total. The third kappa shape index (κ3) is 2.70. The second-order valence-corrected chi connectivity index (χ2v) is 4.55. The Morgan fingerprint density at radius 1 is 1.00 bits per heavy atom. The van der Waals surface area contributed by atoms with Crippen molar-refractivity contribution >= 4 is 0 Å². The van der Waals surface area contributed by atoms with Crippen LogP contribution in [0.2, 0.25) is 0 Å². The van der Waals surface area contributed by atoms with E-state index in [0.717, 1.165) is 17.8 Å². The van der Waals surface area contributed by atoms with Crippen LogP contribution in [-0.4, -0.2) is 9.97 Å². The topological polar surface area (TPSA) is 25.8 Å². The zero-order chi connectivity index (χ0) is 12.3. The largest absolute Gasteiger partial charge is 0.236 e. The highest BCUT2D eigenvalue weighted by molar-refractivity contribution is 5.55. The van der Waals surface area contributed by atoms with Crippen LogP contribution in [0.3, 0.4) is 0 Å². The van der Waals surface area contributed by atoms with Crippen LogP contribution in [0.5, 0.6) is 0 Å². The molecule has 2 rings (SSSR count). The molecule has 1 aromatic heterocycles. The number of nitrogens with zero attached hydrogens (tertiary/aromatic N) is 2. The average Bonchev–Trinajstić information content (AvgIpc) is 2.39. The van der Waals surface area contributed by atoms with Crippen LogP contribution in [-0.2, 0) is 6.42 Å². The number of aryl methyl sites for hydroxylation is 1. The number of benzene rings is 1. The minimum atomic E-state index is 0.562. The van der Waals surface area contributed by atoms with E-state index in [2.05, 4.69) is 55.0 Å². The minimum Gasteiger partial charge on any atom is -0.236 e. The maximum atomic E-state index is 4.38. The lowest BCUT2D eigenvalue weighted by molar-refractivity contribution is 0.867. The highest BCUT2D eigenvalue weighted by Crippen LogP contribution is 2.19. The van der Waals surface area contributed by atoms with Crippen LogP contribution in [0.15, 0.2) is 36.7 Å². The van der Waals surface area contributed by atoms with E-state index in [0.29, 0.717) is 5.92 Å². The molecule has 0 aliphatic heterocycles. The third-order valence-electron chi connectivity index (χ3n) is 2.95. The summed E-state index contributed by atoms with van der Waals surface area (Å²) in [5.41, 5.74) is 3.60. The van der Waals surface area contributed by atoms with Crippen LogP contribution in [0.4, 0.5) is 0 Å². The van der Waals surface area contributed by atoms with Crippen molar-refractivity contribution < 1.29 is 0 Å². The Morgan fingerprint density at radius 3 is 2.06 bits per heavy atom. The van der Waals surface area contributed by atoms with E-state index in [1.165, 1.54) is 11.1 Å². The van der Waals surface area contributed by atoms with Gasteiger partial charge in [0.1, 0.15) is 0 Å².